The van der Waals surface area contributed by atoms with Crippen LogP contribution >= 0.6 is 0 Å². The Hall–Kier alpha value is -1.39. The van der Waals surface area contributed by atoms with E-state index in [9.17, 15) is 14.4 Å². The first kappa shape index (κ1) is 14.6. The van der Waals surface area contributed by atoms with Crippen LogP contribution in [0.5, 0.6) is 0 Å². The van der Waals surface area contributed by atoms with Crippen LogP contribution in [0.25, 0.3) is 0 Å². The zero-order valence-corrected chi connectivity index (χ0v) is 10.2. The maximum Gasteiger partial charge on any atom is 0.227 e. The van der Waals surface area contributed by atoms with Gasteiger partial charge in [-0.1, -0.05) is 0 Å². The lowest BCUT2D eigenvalue weighted by atomic mass is 10.3. The molecule has 92 valence electrons. The van der Waals surface area contributed by atoms with Gasteiger partial charge in [-0.05, 0) is 20.8 Å². The number of amides is 2. The standard InChI is InChI=1S/C11H20N2O3/c1-4-13(5-2)11(16)6-7-12-10(15)8-9(3)14/h4-8H2,1-3H3,(H,12,15). The summed E-state index contributed by atoms with van der Waals surface area (Å²) in [4.78, 5) is 34.9. The maximum absolute atomic E-state index is 11.5. The van der Waals surface area contributed by atoms with Gasteiger partial charge in [-0.25, -0.2) is 0 Å². The third-order valence-electron chi connectivity index (χ3n) is 2.19. The molecule has 0 saturated carbocycles. The van der Waals surface area contributed by atoms with Gasteiger partial charge in [0.1, 0.15) is 5.78 Å². The van der Waals surface area contributed by atoms with Crippen molar-refractivity contribution in [1.29, 1.82) is 0 Å². The number of carbonyl (C=O) groups is 3. The number of nitrogens with zero attached hydrogens (tertiary/aromatic N) is 1. The molecule has 0 rings (SSSR count). The molecule has 0 heterocycles. The van der Waals surface area contributed by atoms with Crippen molar-refractivity contribution in [2.75, 3.05) is 19.6 Å². The average molecular weight is 228 g/mol. The van der Waals surface area contributed by atoms with Crippen LogP contribution in [-0.2, 0) is 14.4 Å². The van der Waals surface area contributed by atoms with Gasteiger partial charge < -0.3 is 10.2 Å². The highest BCUT2D eigenvalue weighted by molar-refractivity contribution is 5.96. The van der Waals surface area contributed by atoms with Crippen molar-refractivity contribution >= 4 is 17.6 Å². The van der Waals surface area contributed by atoms with E-state index >= 15 is 0 Å². The smallest absolute Gasteiger partial charge is 0.227 e. The third kappa shape index (κ3) is 6.16. The summed E-state index contributed by atoms with van der Waals surface area (Å²) in [6, 6.07) is 0. The summed E-state index contributed by atoms with van der Waals surface area (Å²) in [5.74, 6) is -0.472. The summed E-state index contributed by atoms with van der Waals surface area (Å²) in [5, 5.41) is 2.54. The van der Waals surface area contributed by atoms with E-state index in [2.05, 4.69) is 5.32 Å². The minimum atomic E-state index is -0.320. The summed E-state index contributed by atoms with van der Waals surface area (Å²) in [7, 11) is 0. The van der Waals surface area contributed by atoms with Gasteiger partial charge >= 0.3 is 0 Å². The Morgan fingerprint density at radius 3 is 2.12 bits per heavy atom. The van der Waals surface area contributed by atoms with Crippen LogP contribution in [0.4, 0.5) is 0 Å². The molecule has 0 aromatic carbocycles. The van der Waals surface area contributed by atoms with E-state index in [1.165, 1.54) is 6.92 Å². The number of nitrogens with one attached hydrogen (secondary N) is 1. The van der Waals surface area contributed by atoms with Gasteiger partial charge in [0, 0.05) is 26.1 Å². The molecule has 0 atom stereocenters. The first-order chi connectivity index (χ1) is 7.51. The fourth-order valence-electron chi connectivity index (χ4n) is 1.33. The first-order valence-corrected chi connectivity index (χ1v) is 5.55. The predicted octanol–water partition coefficient (Wildman–Crippen LogP) is 0.340. The molecule has 5 nitrogen and oxygen atoms in total. The van der Waals surface area contributed by atoms with E-state index in [-0.39, 0.29) is 30.4 Å². The molecule has 0 fully saturated rings. The predicted molar refractivity (Wildman–Crippen MR) is 60.9 cm³/mol. The van der Waals surface area contributed by atoms with Crippen LogP contribution in [0, 0.1) is 0 Å². The van der Waals surface area contributed by atoms with Gasteiger partial charge in [0.15, 0.2) is 0 Å². The van der Waals surface area contributed by atoms with E-state index in [0.717, 1.165) is 0 Å². The molecule has 0 aliphatic heterocycles. The molecule has 0 saturated heterocycles. The Morgan fingerprint density at radius 2 is 1.69 bits per heavy atom. The summed E-state index contributed by atoms with van der Waals surface area (Å²) >= 11 is 0. The fourth-order valence-corrected chi connectivity index (χ4v) is 1.33. The molecular weight excluding hydrogens is 208 g/mol. The van der Waals surface area contributed by atoms with Gasteiger partial charge in [-0.2, -0.15) is 0 Å². The van der Waals surface area contributed by atoms with Gasteiger partial charge in [0.2, 0.25) is 11.8 Å². The van der Waals surface area contributed by atoms with E-state index < -0.39 is 0 Å². The quantitative estimate of drug-likeness (QED) is 0.639. The van der Waals surface area contributed by atoms with Gasteiger partial charge in [0.25, 0.3) is 0 Å². The number of hydrogen-bond donors (Lipinski definition) is 1. The number of ketones is 1. The number of carbonyl (C=O) groups excluding carboxylic acids is 3. The van der Waals surface area contributed by atoms with Crippen molar-refractivity contribution in [2.24, 2.45) is 0 Å². The van der Waals surface area contributed by atoms with Gasteiger partial charge in [0.05, 0.1) is 6.42 Å². The largest absolute Gasteiger partial charge is 0.355 e. The zero-order chi connectivity index (χ0) is 12.6. The molecule has 2 amide bonds. The van der Waals surface area contributed by atoms with Crippen molar-refractivity contribution in [3.63, 3.8) is 0 Å². The second-order valence-electron chi connectivity index (χ2n) is 3.54. The molecule has 16 heavy (non-hydrogen) atoms. The SMILES string of the molecule is CCN(CC)C(=O)CCNC(=O)CC(C)=O. The highest BCUT2D eigenvalue weighted by Crippen LogP contribution is 1.93. The van der Waals surface area contributed by atoms with Gasteiger partial charge in [-0.15, -0.1) is 0 Å². The van der Waals surface area contributed by atoms with E-state index in [0.29, 0.717) is 19.6 Å². The normalized spacial score (nSPS) is 9.69. The second-order valence-corrected chi connectivity index (χ2v) is 3.54. The lowest BCUT2D eigenvalue weighted by Gasteiger charge is -2.18. The number of Topliss-reactive ketones (excluding diaryl/α,β-unsaturated/α-hetero) is 1. The monoisotopic (exact) mass is 228 g/mol. The molecule has 5 heteroatoms. The van der Waals surface area contributed by atoms with Crippen LogP contribution < -0.4 is 5.32 Å². The van der Waals surface area contributed by atoms with E-state index in [4.69, 9.17) is 0 Å². The number of rotatable bonds is 7. The van der Waals surface area contributed by atoms with Crippen molar-refractivity contribution in [1.82, 2.24) is 10.2 Å². The summed E-state index contributed by atoms with van der Waals surface area (Å²) < 4.78 is 0. The second kappa shape index (κ2) is 7.84. The Labute approximate surface area is 96.2 Å². The van der Waals surface area contributed by atoms with Crippen LogP contribution in [0.3, 0.4) is 0 Å². The lowest BCUT2D eigenvalue weighted by Crippen LogP contribution is -2.34. The fraction of sp³-hybridized carbons (Fsp3) is 0.727. The van der Waals surface area contributed by atoms with Crippen LogP contribution in [0.2, 0.25) is 0 Å². The lowest BCUT2D eigenvalue weighted by molar-refractivity contribution is -0.130. The Morgan fingerprint density at radius 1 is 1.12 bits per heavy atom. The Balaban J connectivity index is 3.77. The van der Waals surface area contributed by atoms with Crippen molar-refractivity contribution in [2.45, 2.75) is 33.6 Å². The highest BCUT2D eigenvalue weighted by atomic mass is 16.2. The molecular formula is C11H20N2O3. The number of hydrogen-bond acceptors (Lipinski definition) is 3. The molecule has 0 aliphatic rings. The van der Waals surface area contributed by atoms with Crippen molar-refractivity contribution < 1.29 is 14.4 Å². The molecule has 0 unspecified atom stereocenters. The van der Waals surface area contributed by atoms with Crippen LogP contribution in [0.1, 0.15) is 33.6 Å². The molecule has 1 N–H and O–H groups in total. The average Bonchev–Trinajstić information content (AvgIpc) is 2.18. The molecule has 0 aromatic rings. The van der Waals surface area contributed by atoms with Crippen LogP contribution in [-0.4, -0.2) is 42.1 Å². The zero-order valence-electron chi connectivity index (χ0n) is 10.2. The van der Waals surface area contributed by atoms with Crippen molar-refractivity contribution in [3.05, 3.63) is 0 Å². The molecule has 0 spiro atoms. The Kier molecular flexibility index (Phi) is 7.16. The summed E-state index contributed by atoms with van der Waals surface area (Å²) in [6.07, 6.45) is 0.171. The van der Waals surface area contributed by atoms with E-state index in [1.54, 1.807) is 4.90 Å². The summed E-state index contributed by atoms with van der Waals surface area (Å²) in [5.41, 5.74) is 0. The van der Waals surface area contributed by atoms with Crippen LogP contribution in [0.15, 0.2) is 0 Å². The minimum absolute atomic E-state index is 0.0214. The summed E-state index contributed by atoms with van der Waals surface area (Å²) in [6.45, 7) is 6.83. The van der Waals surface area contributed by atoms with E-state index in [1.807, 2.05) is 13.8 Å². The maximum atomic E-state index is 11.5. The molecule has 0 radical (unpaired) electrons. The first-order valence-electron chi connectivity index (χ1n) is 5.55. The third-order valence-corrected chi connectivity index (χ3v) is 2.19. The Bertz CT molecular complexity index is 260. The van der Waals surface area contributed by atoms with Gasteiger partial charge in [-0.3, -0.25) is 14.4 Å². The topological polar surface area (TPSA) is 66.5 Å². The highest BCUT2D eigenvalue weighted by Gasteiger charge is 2.10. The molecule has 0 bridgehead atoms. The van der Waals surface area contributed by atoms with Crippen molar-refractivity contribution in [3.8, 4) is 0 Å². The molecule has 0 aromatic heterocycles. The molecule has 0 aliphatic carbocycles. The minimum Gasteiger partial charge on any atom is -0.355 e.